The minimum Gasteiger partial charge on any atom is -0.358 e. The maximum absolute atomic E-state index is 13.1. The van der Waals surface area contributed by atoms with Crippen LogP contribution in [0, 0.1) is 15.9 Å². The van der Waals surface area contributed by atoms with Crippen LogP contribution in [0.2, 0.25) is 0 Å². The van der Waals surface area contributed by atoms with Crippen LogP contribution in [0.1, 0.15) is 22.3 Å². The lowest BCUT2D eigenvalue weighted by molar-refractivity contribution is -0.389. The molecule has 0 spiro atoms. The maximum Gasteiger partial charge on any atom is 0.377 e. The van der Waals surface area contributed by atoms with Gasteiger partial charge in [0.25, 0.3) is 6.43 Å². The highest BCUT2D eigenvalue weighted by Crippen LogP contribution is 2.26. The first-order valence-corrected chi connectivity index (χ1v) is 3.55. The van der Waals surface area contributed by atoms with Gasteiger partial charge in [-0.3, -0.25) is 4.79 Å². The van der Waals surface area contributed by atoms with Crippen molar-refractivity contribution in [2.24, 2.45) is 0 Å². The average Bonchev–Trinajstić information content (AvgIpc) is 2.16. The second-order valence-corrected chi connectivity index (χ2v) is 2.44. The molecule has 0 N–H and O–H groups in total. The van der Waals surface area contributed by atoms with Crippen LogP contribution in [0.4, 0.5) is 19.0 Å². The van der Waals surface area contributed by atoms with Gasteiger partial charge in [-0.25, -0.2) is 13.2 Å². The Kier molecular flexibility index (Phi) is 2.98. The SMILES string of the molecule is O=Cc1c([N+](=O)[O-])ncc(C(F)F)c1F. The third-order valence-corrected chi connectivity index (χ3v) is 1.58. The minimum absolute atomic E-state index is 0.216. The van der Waals surface area contributed by atoms with E-state index in [1.807, 2.05) is 0 Å². The number of hydrogen-bond acceptors (Lipinski definition) is 4. The van der Waals surface area contributed by atoms with Crippen LogP contribution >= 0.6 is 0 Å². The molecule has 15 heavy (non-hydrogen) atoms. The number of rotatable bonds is 3. The van der Waals surface area contributed by atoms with Crippen LogP contribution in [-0.4, -0.2) is 16.2 Å². The first-order valence-electron chi connectivity index (χ1n) is 3.55. The topological polar surface area (TPSA) is 73.1 Å². The molecule has 0 aliphatic rings. The number of carbonyl (C=O) groups is 1. The van der Waals surface area contributed by atoms with Gasteiger partial charge >= 0.3 is 5.82 Å². The lowest BCUT2D eigenvalue weighted by Crippen LogP contribution is -2.04. The molecule has 0 aromatic carbocycles. The molecule has 0 saturated heterocycles. The summed E-state index contributed by atoms with van der Waals surface area (Å²) < 4.78 is 37.3. The standard InChI is InChI=1S/C7H3F3N2O3/c8-5-3(6(9)10)1-11-7(12(14)15)4(5)2-13/h1-2,6H. The third kappa shape index (κ3) is 1.92. The summed E-state index contributed by atoms with van der Waals surface area (Å²) in [5, 5.41) is 10.2. The van der Waals surface area contributed by atoms with E-state index in [9.17, 15) is 28.1 Å². The summed E-state index contributed by atoms with van der Waals surface area (Å²) in [6.07, 6.45) is -3.06. The number of carbonyl (C=O) groups excluding carboxylic acids is 1. The minimum atomic E-state index is -3.18. The van der Waals surface area contributed by atoms with Gasteiger partial charge in [-0.1, -0.05) is 0 Å². The molecule has 1 aromatic rings. The number of aromatic nitrogens is 1. The third-order valence-electron chi connectivity index (χ3n) is 1.58. The average molecular weight is 220 g/mol. The van der Waals surface area contributed by atoms with Gasteiger partial charge < -0.3 is 10.1 Å². The second-order valence-electron chi connectivity index (χ2n) is 2.44. The Morgan fingerprint density at radius 1 is 1.53 bits per heavy atom. The monoisotopic (exact) mass is 220 g/mol. The molecule has 0 amide bonds. The molecule has 0 aliphatic heterocycles. The fourth-order valence-electron chi connectivity index (χ4n) is 0.913. The van der Waals surface area contributed by atoms with Crippen molar-refractivity contribution in [1.82, 2.24) is 4.98 Å². The number of aldehydes is 1. The van der Waals surface area contributed by atoms with Gasteiger partial charge in [0.15, 0.2) is 18.3 Å². The Balaban J connectivity index is 3.45. The van der Waals surface area contributed by atoms with Crippen molar-refractivity contribution in [3.05, 3.63) is 33.3 Å². The van der Waals surface area contributed by atoms with E-state index in [-0.39, 0.29) is 6.29 Å². The zero-order valence-electron chi connectivity index (χ0n) is 6.99. The van der Waals surface area contributed by atoms with Crippen LogP contribution in [0.25, 0.3) is 0 Å². The zero-order chi connectivity index (χ0) is 11.6. The van der Waals surface area contributed by atoms with Crippen LogP contribution in [0.5, 0.6) is 0 Å². The molecule has 8 heteroatoms. The van der Waals surface area contributed by atoms with Crippen LogP contribution in [0.3, 0.4) is 0 Å². The van der Waals surface area contributed by atoms with Crippen molar-refractivity contribution < 1.29 is 22.9 Å². The molecule has 1 rings (SSSR count). The molecule has 0 radical (unpaired) electrons. The summed E-state index contributed by atoms with van der Waals surface area (Å²) in [5.74, 6) is -2.69. The van der Waals surface area contributed by atoms with Crippen LogP contribution < -0.4 is 0 Å². The molecule has 0 unspecified atom stereocenters. The van der Waals surface area contributed by atoms with Gasteiger partial charge in [0.2, 0.25) is 0 Å². The van der Waals surface area contributed by atoms with Crippen molar-refractivity contribution in [2.75, 3.05) is 0 Å². The molecule has 5 nitrogen and oxygen atoms in total. The Morgan fingerprint density at radius 3 is 2.53 bits per heavy atom. The lowest BCUT2D eigenvalue weighted by atomic mass is 10.2. The Hall–Kier alpha value is -1.99. The summed E-state index contributed by atoms with van der Waals surface area (Å²) in [7, 11) is 0. The van der Waals surface area contributed by atoms with Gasteiger partial charge in [0.1, 0.15) is 5.56 Å². The van der Waals surface area contributed by atoms with E-state index < -0.39 is 34.1 Å². The van der Waals surface area contributed by atoms with E-state index in [0.29, 0.717) is 6.20 Å². The number of alkyl halides is 2. The molecule has 1 heterocycles. The second kappa shape index (κ2) is 4.03. The van der Waals surface area contributed by atoms with Crippen molar-refractivity contribution in [1.29, 1.82) is 0 Å². The van der Waals surface area contributed by atoms with Crippen molar-refractivity contribution in [3.8, 4) is 0 Å². The molecule has 1 aromatic heterocycles. The zero-order valence-corrected chi connectivity index (χ0v) is 6.99. The molecular formula is C7H3F3N2O3. The number of hydrogen-bond donors (Lipinski definition) is 0. The van der Waals surface area contributed by atoms with E-state index in [2.05, 4.69) is 4.98 Å². The Morgan fingerprint density at radius 2 is 2.13 bits per heavy atom. The largest absolute Gasteiger partial charge is 0.377 e. The quantitative estimate of drug-likeness (QED) is 0.442. The van der Waals surface area contributed by atoms with E-state index in [4.69, 9.17) is 0 Å². The molecule has 0 aliphatic carbocycles. The van der Waals surface area contributed by atoms with Gasteiger partial charge in [0, 0.05) is 0 Å². The van der Waals surface area contributed by atoms with Gasteiger partial charge in [0.05, 0.1) is 5.56 Å². The molecule has 0 fully saturated rings. The van der Waals surface area contributed by atoms with Gasteiger partial charge in [-0.2, -0.15) is 0 Å². The normalized spacial score (nSPS) is 10.4. The summed E-state index contributed by atoms with van der Waals surface area (Å²) in [6, 6.07) is 0. The predicted molar refractivity (Wildman–Crippen MR) is 41.2 cm³/mol. The number of pyridine rings is 1. The highest BCUT2D eigenvalue weighted by molar-refractivity contribution is 5.80. The fraction of sp³-hybridized carbons (Fsp3) is 0.143. The lowest BCUT2D eigenvalue weighted by Gasteiger charge is -2.01. The van der Waals surface area contributed by atoms with Crippen molar-refractivity contribution in [2.45, 2.75) is 6.43 Å². The Bertz CT molecular complexity index is 422. The number of halogens is 3. The van der Waals surface area contributed by atoms with Crippen LogP contribution in [0.15, 0.2) is 6.20 Å². The first-order chi connectivity index (χ1) is 6.99. The molecule has 80 valence electrons. The van der Waals surface area contributed by atoms with Crippen molar-refractivity contribution in [3.63, 3.8) is 0 Å². The van der Waals surface area contributed by atoms with Gasteiger partial charge in [-0.05, 0) is 9.91 Å². The summed E-state index contributed by atoms with van der Waals surface area (Å²) in [5.41, 5.74) is -2.21. The highest BCUT2D eigenvalue weighted by Gasteiger charge is 2.26. The summed E-state index contributed by atoms with van der Waals surface area (Å²) in [4.78, 5) is 22.4. The molecular weight excluding hydrogens is 217 g/mol. The number of nitrogens with zero attached hydrogens (tertiary/aromatic N) is 2. The van der Waals surface area contributed by atoms with Crippen LogP contribution in [-0.2, 0) is 0 Å². The summed E-state index contributed by atoms with van der Waals surface area (Å²) >= 11 is 0. The smallest absolute Gasteiger partial charge is 0.358 e. The Labute approximate surface area is 80.7 Å². The highest BCUT2D eigenvalue weighted by atomic mass is 19.3. The summed E-state index contributed by atoms with van der Waals surface area (Å²) in [6.45, 7) is 0. The van der Waals surface area contributed by atoms with Gasteiger partial charge in [-0.15, -0.1) is 0 Å². The fourth-order valence-corrected chi connectivity index (χ4v) is 0.913. The van der Waals surface area contributed by atoms with E-state index in [0.717, 1.165) is 0 Å². The van der Waals surface area contributed by atoms with E-state index in [1.165, 1.54) is 0 Å². The van der Waals surface area contributed by atoms with Crippen molar-refractivity contribution >= 4 is 12.1 Å². The van der Waals surface area contributed by atoms with E-state index >= 15 is 0 Å². The first kappa shape index (κ1) is 11.1. The maximum atomic E-state index is 13.1. The number of nitro groups is 1. The molecule has 0 atom stereocenters. The van der Waals surface area contributed by atoms with E-state index in [1.54, 1.807) is 0 Å². The predicted octanol–water partition coefficient (Wildman–Crippen LogP) is 1.88. The molecule has 0 bridgehead atoms. The molecule has 0 saturated carbocycles.